The third-order valence-electron chi connectivity index (χ3n) is 2.19. The fourth-order valence-electron chi connectivity index (χ4n) is 1.14. The number of alkyl halides is 3. The van der Waals surface area contributed by atoms with E-state index in [1.54, 1.807) is 6.92 Å². The molecule has 2 aromatic heterocycles. The van der Waals surface area contributed by atoms with Crippen LogP contribution in [0.3, 0.4) is 0 Å². The largest absolute Gasteiger partial charge is 0.451 e. The lowest BCUT2D eigenvalue weighted by atomic mass is 10.4. The fourth-order valence-corrected chi connectivity index (χ4v) is 1.14. The molecule has 0 saturated carbocycles. The Morgan fingerprint density at radius 2 is 1.08 bits per heavy atom. The summed E-state index contributed by atoms with van der Waals surface area (Å²) in [4.78, 5) is 14.4. The molecule has 0 N–H and O–H groups in total. The van der Waals surface area contributed by atoms with Crippen LogP contribution in [0.1, 0.15) is 57.4 Å². The second-order valence-corrected chi connectivity index (χ2v) is 4.11. The minimum Gasteiger partial charge on any atom is -0.241 e. The van der Waals surface area contributed by atoms with Gasteiger partial charge in [0.05, 0.1) is 0 Å². The van der Waals surface area contributed by atoms with Crippen molar-refractivity contribution in [2.45, 2.75) is 61.1 Å². The molecule has 136 valence electrons. The highest BCUT2D eigenvalue weighted by Gasteiger charge is 2.33. The zero-order chi connectivity index (χ0) is 19.2. The maximum atomic E-state index is 11.8. The van der Waals surface area contributed by atoms with Crippen LogP contribution in [0, 0.1) is 13.8 Å². The molecule has 4 nitrogen and oxygen atoms in total. The molecule has 0 aliphatic carbocycles. The first-order valence-electron chi connectivity index (χ1n) is 7.96. The van der Waals surface area contributed by atoms with Crippen molar-refractivity contribution in [3.63, 3.8) is 0 Å². The molecule has 0 spiro atoms. The summed E-state index contributed by atoms with van der Waals surface area (Å²) in [6.07, 6.45) is 2.43. The highest BCUT2D eigenvalue weighted by atomic mass is 19.4. The topological polar surface area (TPSA) is 51.6 Å². The van der Waals surface area contributed by atoms with Gasteiger partial charge in [0, 0.05) is 31.2 Å². The third-order valence-corrected chi connectivity index (χ3v) is 2.19. The number of nitrogens with zero attached hydrogens (tertiary/aromatic N) is 4. The first kappa shape index (κ1) is 24.2. The lowest BCUT2D eigenvalue weighted by Crippen LogP contribution is -2.10. The Kier molecular flexibility index (Phi) is 13.5. The first-order valence-corrected chi connectivity index (χ1v) is 7.96. The van der Waals surface area contributed by atoms with Gasteiger partial charge in [-0.05, 0) is 25.0 Å². The molecule has 0 bridgehead atoms. The number of hydrogen-bond donors (Lipinski definition) is 0. The number of rotatable bonds is 1. The van der Waals surface area contributed by atoms with Crippen molar-refractivity contribution in [3.8, 4) is 0 Å². The molecule has 24 heavy (non-hydrogen) atoms. The van der Waals surface area contributed by atoms with Crippen LogP contribution in [-0.4, -0.2) is 19.9 Å². The van der Waals surface area contributed by atoms with Crippen LogP contribution in [0.4, 0.5) is 13.2 Å². The van der Waals surface area contributed by atoms with E-state index >= 15 is 0 Å². The van der Waals surface area contributed by atoms with E-state index in [1.807, 2.05) is 53.9 Å². The minimum atomic E-state index is -4.44. The van der Waals surface area contributed by atoms with E-state index < -0.39 is 12.0 Å². The average molecular weight is 344 g/mol. The van der Waals surface area contributed by atoms with Crippen molar-refractivity contribution in [1.82, 2.24) is 19.9 Å². The van der Waals surface area contributed by atoms with Crippen LogP contribution in [0.15, 0.2) is 24.8 Å². The number of aryl methyl sites for hydroxylation is 3. The molecule has 0 radical (unpaired) electrons. The molecule has 0 aromatic carbocycles. The van der Waals surface area contributed by atoms with Gasteiger partial charge >= 0.3 is 6.18 Å². The highest BCUT2D eigenvalue weighted by molar-refractivity contribution is 5.03. The van der Waals surface area contributed by atoms with Crippen molar-refractivity contribution < 1.29 is 13.2 Å². The lowest BCUT2D eigenvalue weighted by molar-refractivity contribution is -0.145. The second kappa shape index (κ2) is 13.4. The molecule has 0 amide bonds. The molecular weight excluding hydrogens is 317 g/mol. The van der Waals surface area contributed by atoms with E-state index in [9.17, 15) is 13.2 Å². The predicted octanol–water partition coefficient (Wildman–Crippen LogP) is 5.20. The Bertz CT molecular complexity index is 523. The summed E-state index contributed by atoms with van der Waals surface area (Å²) < 4.78 is 35.4. The summed E-state index contributed by atoms with van der Waals surface area (Å²) >= 11 is 0. The van der Waals surface area contributed by atoms with Gasteiger partial charge in [0.15, 0.2) is 0 Å². The minimum absolute atomic E-state index is 0.609. The van der Waals surface area contributed by atoms with Gasteiger partial charge in [0.25, 0.3) is 0 Å². The van der Waals surface area contributed by atoms with Gasteiger partial charge in [-0.15, -0.1) is 0 Å². The molecule has 2 aromatic rings. The Hall–Kier alpha value is -2.05. The van der Waals surface area contributed by atoms with E-state index in [4.69, 9.17) is 0 Å². The zero-order valence-corrected chi connectivity index (χ0v) is 15.4. The Morgan fingerprint density at radius 1 is 0.750 bits per heavy atom. The monoisotopic (exact) mass is 344 g/mol. The molecule has 0 unspecified atom stereocenters. The summed E-state index contributed by atoms with van der Waals surface area (Å²) in [5, 5.41) is 0. The first-order chi connectivity index (χ1) is 11.3. The van der Waals surface area contributed by atoms with Gasteiger partial charge in [0.1, 0.15) is 5.82 Å². The normalized spacial score (nSPS) is 9.42. The molecule has 0 fully saturated rings. The SMILES string of the molecule is CC.CC.CCc1ncc(C)cn1.Cc1cnc(C(F)(F)F)nc1. The lowest BCUT2D eigenvalue weighted by Gasteiger charge is -2.02. The zero-order valence-electron chi connectivity index (χ0n) is 15.4. The molecular formula is C17H27F3N4. The summed E-state index contributed by atoms with van der Waals surface area (Å²) in [5.41, 5.74) is 1.73. The van der Waals surface area contributed by atoms with E-state index in [2.05, 4.69) is 19.9 Å². The third kappa shape index (κ3) is 10.6. The van der Waals surface area contributed by atoms with E-state index in [0.29, 0.717) is 5.56 Å². The molecule has 7 heteroatoms. The van der Waals surface area contributed by atoms with Crippen molar-refractivity contribution in [3.05, 3.63) is 47.6 Å². The van der Waals surface area contributed by atoms with Gasteiger partial charge < -0.3 is 0 Å². The second-order valence-electron chi connectivity index (χ2n) is 4.11. The average Bonchev–Trinajstić information content (AvgIpc) is 2.59. The van der Waals surface area contributed by atoms with Crippen LogP contribution in [0.25, 0.3) is 0 Å². The highest BCUT2D eigenvalue weighted by Crippen LogP contribution is 2.25. The summed E-state index contributed by atoms with van der Waals surface area (Å²) in [6, 6.07) is 0. The molecule has 0 atom stereocenters. The Labute approximate surface area is 142 Å². The predicted molar refractivity (Wildman–Crippen MR) is 90.6 cm³/mol. The van der Waals surface area contributed by atoms with Crippen LogP contribution < -0.4 is 0 Å². The quantitative estimate of drug-likeness (QED) is 0.713. The molecule has 0 saturated heterocycles. The van der Waals surface area contributed by atoms with Gasteiger partial charge in [-0.2, -0.15) is 13.2 Å². The van der Waals surface area contributed by atoms with Crippen LogP contribution in [0.2, 0.25) is 0 Å². The summed E-state index contributed by atoms with van der Waals surface area (Å²) in [7, 11) is 0. The molecule has 2 heterocycles. The standard InChI is InChI=1S/C7H10N2.C6H5F3N2.2C2H6/c1-3-7-8-4-6(2)5-9-7;1-4-2-10-5(11-3-4)6(7,8)9;2*1-2/h4-5H,3H2,1-2H3;2-3H,1H3;2*1-2H3. The molecule has 2 rings (SSSR count). The summed E-state index contributed by atoms with van der Waals surface area (Å²) in [6.45, 7) is 13.7. The van der Waals surface area contributed by atoms with E-state index in [0.717, 1.165) is 30.2 Å². The van der Waals surface area contributed by atoms with Gasteiger partial charge in [-0.1, -0.05) is 34.6 Å². The molecule has 0 aliphatic heterocycles. The number of aromatic nitrogens is 4. The Balaban J connectivity index is 0. The smallest absolute Gasteiger partial charge is 0.241 e. The number of halogens is 3. The van der Waals surface area contributed by atoms with Gasteiger partial charge in [0.2, 0.25) is 5.82 Å². The van der Waals surface area contributed by atoms with E-state index in [-0.39, 0.29) is 0 Å². The maximum absolute atomic E-state index is 11.8. The molecule has 0 aliphatic rings. The van der Waals surface area contributed by atoms with Crippen molar-refractivity contribution >= 4 is 0 Å². The van der Waals surface area contributed by atoms with Crippen LogP contribution in [0.5, 0.6) is 0 Å². The van der Waals surface area contributed by atoms with Gasteiger partial charge in [-0.25, -0.2) is 19.9 Å². The maximum Gasteiger partial charge on any atom is 0.451 e. The van der Waals surface area contributed by atoms with Crippen molar-refractivity contribution in [2.75, 3.05) is 0 Å². The van der Waals surface area contributed by atoms with E-state index in [1.165, 1.54) is 0 Å². The summed E-state index contributed by atoms with van der Waals surface area (Å²) in [5.74, 6) is -0.177. The Morgan fingerprint density at radius 3 is 1.38 bits per heavy atom. The van der Waals surface area contributed by atoms with Gasteiger partial charge in [-0.3, -0.25) is 0 Å². The van der Waals surface area contributed by atoms with Crippen LogP contribution >= 0.6 is 0 Å². The fraction of sp³-hybridized carbons (Fsp3) is 0.529. The van der Waals surface area contributed by atoms with Crippen molar-refractivity contribution in [1.29, 1.82) is 0 Å². The van der Waals surface area contributed by atoms with Crippen molar-refractivity contribution in [2.24, 2.45) is 0 Å². The van der Waals surface area contributed by atoms with Crippen LogP contribution in [-0.2, 0) is 12.6 Å². The number of hydrogen-bond acceptors (Lipinski definition) is 4.